The molecule has 0 aliphatic carbocycles. The second kappa shape index (κ2) is 7.56. The minimum absolute atomic E-state index is 0.0515. The van der Waals surface area contributed by atoms with Crippen LogP contribution in [0.3, 0.4) is 0 Å². The highest BCUT2D eigenvalue weighted by molar-refractivity contribution is 6.01. The largest absolute Gasteiger partial charge is 0.478 e. The Morgan fingerprint density at radius 1 is 1.04 bits per heavy atom. The summed E-state index contributed by atoms with van der Waals surface area (Å²) in [4.78, 5) is 28.2. The van der Waals surface area contributed by atoms with Crippen molar-refractivity contribution in [2.45, 2.75) is 39.5 Å². The normalized spacial score (nSPS) is 11.0. The number of nitrogens with one attached hydrogen (secondary N) is 1. The summed E-state index contributed by atoms with van der Waals surface area (Å²) in [6, 6.07) is 12.7. The van der Waals surface area contributed by atoms with E-state index in [1.807, 2.05) is 37.3 Å². The van der Waals surface area contributed by atoms with Gasteiger partial charge in [-0.05, 0) is 30.5 Å². The lowest BCUT2D eigenvalue weighted by molar-refractivity contribution is 0.0697. The third-order valence-corrected chi connectivity index (χ3v) is 4.63. The zero-order chi connectivity index (χ0) is 18.7. The Morgan fingerprint density at radius 3 is 2.35 bits per heavy atom. The number of carboxylic acids is 1. The molecule has 3 rings (SSSR count). The number of carbonyl (C=O) groups is 1. The molecule has 26 heavy (non-hydrogen) atoms. The van der Waals surface area contributed by atoms with Gasteiger partial charge in [-0.3, -0.25) is 4.79 Å². The SMILES string of the molecule is CCCc1[nH]c2c(-c3ccccc3)cc(C(=O)O)cc2c(=O)c1CCC. The van der Waals surface area contributed by atoms with Crippen LogP contribution in [-0.2, 0) is 12.8 Å². The molecule has 0 atom stereocenters. The average Bonchev–Trinajstić information content (AvgIpc) is 2.65. The third-order valence-electron chi connectivity index (χ3n) is 4.63. The molecule has 2 N–H and O–H groups in total. The van der Waals surface area contributed by atoms with E-state index in [1.165, 1.54) is 6.07 Å². The molecule has 0 fully saturated rings. The second-order valence-corrected chi connectivity index (χ2v) is 6.53. The summed E-state index contributed by atoms with van der Waals surface area (Å²) in [5.74, 6) is -1.03. The maximum absolute atomic E-state index is 13.2. The number of aromatic amines is 1. The van der Waals surface area contributed by atoms with E-state index in [0.717, 1.165) is 47.2 Å². The Morgan fingerprint density at radius 2 is 1.73 bits per heavy atom. The van der Waals surface area contributed by atoms with Crippen LogP contribution in [0.5, 0.6) is 0 Å². The van der Waals surface area contributed by atoms with Crippen molar-refractivity contribution < 1.29 is 9.90 Å². The summed E-state index contributed by atoms with van der Waals surface area (Å²) in [7, 11) is 0. The molecule has 2 aromatic carbocycles. The van der Waals surface area contributed by atoms with Crippen LogP contribution in [0.15, 0.2) is 47.3 Å². The highest BCUT2D eigenvalue weighted by Crippen LogP contribution is 2.29. The number of aromatic carboxylic acids is 1. The van der Waals surface area contributed by atoms with Gasteiger partial charge in [-0.15, -0.1) is 0 Å². The molecule has 0 saturated heterocycles. The van der Waals surface area contributed by atoms with E-state index in [-0.39, 0.29) is 11.0 Å². The van der Waals surface area contributed by atoms with Crippen molar-refractivity contribution in [1.82, 2.24) is 4.98 Å². The van der Waals surface area contributed by atoms with Gasteiger partial charge >= 0.3 is 5.97 Å². The molecule has 4 heteroatoms. The predicted octanol–water partition coefficient (Wildman–Crippen LogP) is 4.80. The van der Waals surface area contributed by atoms with Crippen molar-refractivity contribution >= 4 is 16.9 Å². The number of hydrogen-bond donors (Lipinski definition) is 2. The molecule has 0 saturated carbocycles. The number of fused-ring (bicyclic) bond motifs is 1. The quantitative estimate of drug-likeness (QED) is 0.671. The first-order valence-corrected chi connectivity index (χ1v) is 9.07. The molecule has 0 radical (unpaired) electrons. The number of benzene rings is 2. The molecule has 0 aliphatic heterocycles. The van der Waals surface area contributed by atoms with Crippen molar-refractivity contribution in [3.63, 3.8) is 0 Å². The molecule has 0 bridgehead atoms. The Hall–Kier alpha value is -2.88. The topological polar surface area (TPSA) is 70.2 Å². The van der Waals surface area contributed by atoms with Crippen LogP contribution in [0.1, 0.15) is 48.3 Å². The van der Waals surface area contributed by atoms with Crippen LogP contribution < -0.4 is 5.43 Å². The van der Waals surface area contributed by atoms with Crippen LogP contribution in [0.25, 0.3) is 22.0 Å². The minimum Gasteiger partial charge on any atom is -0.478 e. The molecule has 0 amide bonds. The van der Waals surface area contributed by atoms with Gasteiger partial charge in [0.2, 0.25) is 0 Å². The Balaban J connectivity index is 2.42. The molecule has 1 heterocycles. The number of rotatable bonds is 6. The molecule has 1 aromatic heterocycles. The fraction of sp³-hybridized carbons (Fsp3) is 0.273. The zero-order valence-corrected chi connectivity index (χ0v) is 15.1. The monoisotopic (exact) mass is 349 g/mol. The Labute approximate surface area is 152 Å². The number of carboxylic acid groups (broad SMARTS) is 1. The Kier molecular flexibility index (Phi) is 5.21. The average molecular weight is 349 g/mol. The molecule has 0 aliphatic rings. The van der Waals surface area contributed by atoms with E-state index in [9.17, 15) is 14.7 Å². The number of aromatic nitrogens is 1. The van der Waals surface area contributed by atoms with Gasteiger partial charge in [0.25, 0.3) is 0 Å². The fourth-order valence-electron chi connectivity index (χ4n) is 3.43. The molecular formula is C22H23NO3. The highest BCUT2D eigenvalue weighted by atomic mass is 16.4. The van der Waals surface area contributed by atoms with Gasteiger partial charge in [-0.2, -0.15) is 0 Å². The lowest BCUT2D eigenvalue weighted by atomic mass is 9.95. The van der Waals surface area contributed by atoms with Crippen LogP contribution in [0, 0.1) is 0 Å². The third kappa shape index (κ3) is 3.27. The zero-order valence-electron chi connectivity index (χ0n) is 15.1. The molecule has 3 aromatic rings. The van der Waals surface area contributed by atoms with E-state index in [0.29, 0.717) is 11.8 Å². The van der Waals surface area contributed by atoms with Gasteiger partial charge < -0.3 is 10.1 Å². The van der Waals surface area contributed by atoms with Gasteiger partial charge in [0.1, 0.15) is 0 Å². The molecule has 4 nitrogen and oxygen atoms in total. The predicted molar refractivity (Wildman–Crippen MR) is 105 cm³/mol. The van der Waals surface area contributed by atoms with Gasteiger partial charge in [0, 0.05) is 22.2 Å². The summed E-state index contributed by atoms with van der Waals surface area (Å²) < 4.78 is 0. The highest BCUT2D eigenvalue weighted by Gasteiger charge is 2.17. The molecular weight excluding hydrogens is 326 g/mol. The summed E-state index contributed by atoms with van der Waals surface area (Å²) >= 11 is 0. The number of pyridine rings is 1. The minimum atomic E-state index is -1.03. The summed E-state index contributed by atoms with van der Waals surface area (Å²) in [5, 5.41) is 9.96. The van der Waals surface area contributed by atoms with E-state index >= 15 is 0 Å². The Bertz CT molecular complexity index is 1000. The standard InChI is InChI=1S/C22H23NO3/c1-3-8-16-19(9-4-2)23-20-17(14-10-6-5-7-11-14)12-15(22(25)26)13-18(20)21(16)24/h5-7,10-13H,3-4,8-9H2,1-2H3,(H,23,24)(H,25,26). The maximum Gasteiger partial charge on any atom is 0.335 e. The summed E-state index contributed by atoms with van der Waals surface area (Å²) in [5.41, 5.74) is 4.18. The van der Waals surface area contributed by atoms with E-state index in [2.05, 4.69) is 11.9 Å². The first-order chi connectivity index (χ1) is 12.6. The van der Waals surface area contributed by atoms with Crippen molar-refractivity contribution in [3.8, 4) is 11.1 Å². The maximum atomic E-state index is 13.2. The van der Waals surface area contributed by atoms with Crippen LogP contribution in [0.4, 0.5) is 0 Å². The molecule has 0 spiro atoms. The van der Waals surface area contributed by atoms with E-state index < -0.39 is 5.97 Å². The number of hydrogen-bond acceptors (Lipinski definition) is 2. The summed E-state index contributed by atoms with van der Waals surface area (Å²) in [6.45, 7) is 4.13. The second-order valence-electron chi connectivity index (χ2n) is 6.53. The van der Waals surface area contributed by atoms with Crippen molar-refractivity contribution in [2.75, 3.05) is 0 Å². The van der Waals surface area contributed by atoms with Crippen molar-refractivity contribution in [2.24, 2.45) is 0 Å². The van der Waals surface area contributed by atoms with E-state index in [4.69, 9.17) is 0 Å². The van der Waals surface area contributed by atoms with E-state index in [1.54, 1.807) is 6.07 Å². The van der Waals surface area contributed by atoms with Gasteiger partial charge in [-0.1, -0.05) is 57.0 Å². The first kappa shape index (κ1) is 17.9. The van der Waals surface area contributed by atoms with Crippen LogP contribution in [0.2, 0.25) is 0 Å². The van der Waals surface area contributed by atoms with Gasteiger partial charge in [-0.25, -0.2) is 4.79 Å². The van der Waals surface area contributed by atoms with Crippen molar-refractivity contribution in [1.29, 1.82) is 0 Å². The van der Waals surface area contributed by atoms with Crippen molar-refractivity contribution in [3.05, 3.63) is 69.5 Å². The number of aryl methyl sites for hydroxylation is 1. The van der Waals surface area contributed by atoms with Crippen LogP contribution in [-0.4, -0.2) is 16.1 Å². The lowest BCUT2D eigenvalue weighted by Gasteiger charge is -2.14. The fourth-order valence-corrected chi connectivity index (χ4v) is 3.43. The molecule has 0 unspecified atom stereocenters. The summed E-state index contributed by atoms with van der Waals surface area (Å²) in [6.07, 6.45) is 3.30. The first-order valence-electron chi connectivity index (χ1n) is 9.07. The molecule has 134 valence electrons. The van der Waals surface area contributed by atoms with Gasteiger partial charge in [0.05, 0.1) is 11.1 Å². The smallest absolute Gasteiger partial charge is 0.335 e. The lowest BCUT2D eigenvalue weighted by Crippen LogP contribution is -2.16. The van der Waals surface area contributed by atoms with Gasteiger partial charge in [0.15, 0.2) is 5.43 Å². The van der Waals surface area contributed by atoms with Crippen LogP contribution >= 0.6 is 0 Å². The number of H-pyrrole nitrogens is 1.